The van der Waals surface area contributed by atoms with Crippen molar-refractivity contribution < 1.29 is 33.0 Å². The first-order valence-corrected chi connectivity index (χ1v) is 13.3. The highest BCUT2D eigenvalue weighted by Gasteiger charge is 2.37. The monoisotopic (exact) mass is 657 g/mol. The number of barbiturate groups is 1. The predicted molar refractivity (Wildman–Crippen MR) is 156 cm³/mol. The largest absolute Gasteiger partial charge is 0.490 e. The van der Waals surface area contributed by atoms with Crippen molar-refractivity contribution in [2.45, 2.75) is 20.8 Å². The Morgan fingerprint density at radius 1 is 1.07 bits per heavy atom. The second-order valence-corrected chi connectivity index (χ2v) is 9.94. The Bertz CT molecular complexity index is 1540. The quantitative estimate of drug-likeness (QED) is 0.197. The predicted octanol–water partition coefficient (Wildman–Crippen LogP) is 5.13. The highest BCUT2D eigenvalue weighted by molar-refractivity contribution is 14.1. The second-order valence-electron chi connectivity index (χ2n) is 8.78. The summed E-state index contributed by atoms with van der Waals surface area (Å²) in [6.45, 7) is 5.66. The zero-order chi connectivity index (χ0) is 29.0. The number of rotatable bonds is 8. The minimum absolute atomic E-state index is 0.106. The Labute approximate surface area is 243 Å². The van der Waals surface area contributed by atoms with Crippen LogP contribution in [0.25, 0.3) is 6.08 Å². The molecule has 11 heteroatoms. The molecule has 0 saturated carbocycles. The van der Waals surface area contributed by atoms with E-state index in [0.717, 1.165) is 28.2 Å². The molecule has 40 heavy (non-hydrogen) atoms. The standard InChI is InChI=1S/C29H25FIN3O6/c1-4-39-24-14-18(12-21-27(36)33-29(38)34(28(21)37)20-10-8-19(30)9-11-20)13-22(31)26(24)40-15-25(35)32-23-7-5-6-16(2)17(23)3/h5-14H,4,15H2,1-3H3,(H,32,35)(H,33,36,38)/b21-12+. The van der Waals surface area contributed by atoms with Crippen molar-refractivity contribution >= 4 is 63.8 Å². The Morgan fingerprint density at radius 3 is 2.50 bits per heavy atom. The Hall–Kier alpha value is -4.26. The van der Waals surface area contributed by atoms with E-state index in [-0.39, 0.29) is 30.4 Å². The van der Waals surface area contributed by atoms with Gasteiger partial charge in [-0.25, -0.2) is 14.1 Å². The van der Waals surface area contributed by atoms with Gasteiger partial charge in [0.2, 0.25) is 0 Å². The lowest BCUT2D eigenvalue weighted by Gasteiger charge is -2.26. The number of imide groups is 2. The van der Waals surface area contributed by atoms with Gasteiger partial charge < -0.3 is 14.8 Å². The highest BCUT2D eigenvalue weighted by Crippen LogP contribution is 2.35. The van der Waals surface area contributed by atoms with Gasteiger partial charge in [0, 0.05) is 5.69 Å². The molecule has 0 atom stereocenters. The molecule has 1 heterocycles. The van der Waals surface area contributed by atoms with Crippen LogP contribution in [0.3, 0.4) is 0 Å². The van der Waals surface area contributed by atoms with Crippen LogP contribution in [0.1, 0.15) is 23.6 Å². The van der Waals surface area contributed by atoms with Crippen molar-refractivity contribution in [1.82, 2.24) is 5.32 Å². The van der Waals surface area contributed by atoms with E-state index < -0.39 is 23.7 Å². The van der Waals surface area contributed by atoms with Gasteiger partial charge in [0.25, 0.3) is 17.7 Å². The van der Waals surface area contributed by atoms with E-state index >= 15 is 0 Å². The lowest BCUT2D eigenvalue weighted by atomic mass is 10.1. The molecule has 0 spiro atoms. The molecule has 3 aromatic rings. The average molecular weight is 657 g/mol. The molecular weight excluding hydrogens is 632 g/mol. The highest BCUT2D eigenvalue weighted by atomic mass is 127. The zero-order valence-corrected chi connectivity index (χ0v) is 24.0. The molecule has 0 aromatic heterocycles. The van der Waals surface area contributed by atoms with Crippen molar-refractivity contribution in [3.05, 3.63) is 86.2 Å². The van der Waals surface area contributed by atoms with Crippen molar-refractivity contribution in [3.8, 4) is 11.5 Å². The van der Waals surface area contributed by atoms with Gasteiger partial charge in [-0.2, -0.15) is 0 Å². The normalized spacial score (nSPS) is 14.3. The van der Waals surface area contributed by atoms with Gasteiger partial charge in [-0.1, -0.05) is 12.1 Å². The van der Waals surface area contributed by atoms with Gasteiger partial charge in [0.15, 0.2) is 18.1 Å². The van der Waals surface area contributed by atoms with Crippen LogP contribution in [-0.4, -0.2) is 37.0 Å². The minimum Gasteiger partial charge on any atom is -0.490 e. The average Bonchev–Trinajstić information content (AvgIpc) is 2.90. The van der Waals surface area contributed by atoms with Gasteiger partial charge in [-0.15, -0.1) is 0 Å². The fourth-order valence-electron chi connectivity index (χ4n) is 3.93. The molecule has 0 radical (unpaired) electrons. The van der Waals surface area contributed by atoms with Crippen LogP contribution in [0.2, 0.25) is 0 Å². The number of hydrogen-bond acceptors (Lipinski definition) is 6. The number of nitrogens with one attached hydrogen (secondary N) is 2. The van der Waals surface area contributed by atoms with Gasteiger partial charge in [0.05, 0.1) is 15.9 Å². The molecule has 0 bridgehead atoms. The molecule has 0 aliphatic carbocycles. The first kappa shape index (κ1) is 28.7. The first-order chi connectivity index (χ1) is 19.1. The smallest absolute Gasteiger partial charge is 0.335 e. The van der Waals surface area contributed by atoms with Gasteiger partial charge in [-0.3, -0.25) is 19.7 Å². The fraction of sp³-hybridized carbons (Fsp3) is 0.172. The third kappa shape index (κ3) is 6.30. The van der Waals surface area contributed by atoms with E-state index in [4.69, 9.17) is 9.47 Å². The summed E-state index contributed by atoms with van der Waals surface area (Å²) in [5.74, 6) is -2.00. The number of amides is 5. The summed E-state index contributed by atoms with van der Waals surface area (Å²) >= 11 is 2.00. The summed E-state index contributed by atoms with van der Waals surface area (Å²) < 4.78 is 25.5. The number of hydrogen-bond donors (Lipinski definition) is 2. The molecule has 206 valence electrons. The number of nitrogens with zero attached hydrogens (tertiary/aromatic N) is 1. The van der Waals surface area contributed by atoms with E-state index in [2.05, 4.69) is 10.6 Å². The molecule has 9 nitrogen and oxygen atoms in total. The lowest BCUT2D eigenvalue weighted by Crippen LogP contribution is -2.54. The molecule has 1 aliphatic rings. The Morgan fingerprint density at radius 2 is 1.80 bits per heavy atom. The number of aryl methyl sites for hydroxylation is 1. The van der Waals surface area contributed by atoms with Gasteiger partial charge in [-0.05, 0) is 109 Å². The fourth-order valence-corrected chi connectivity index (χ4v) is 4.71. The van der Waals surface area contributed by atoms with Gasteiger partial charge in [0.1, 0.15) is 11.4 Å². The lowest BCUT2D eigenvalue weighted by molar-refractivity contribution is -0.122. The summed E-state index contributed by atoms with van der Waals surface area (Å²) in [5, 5.41) is 4.97. The number of ether oxygens (including phenoxy) is 2. The van der Waals surface area contributed by atoms with Crippen molar-refractivity contribution in [2.24, 2.45) is 0 Å². The van der Waals surface area contributed by atoms with Crippen LogP contribution < -0.4 is 25.0 Å². The molecule has 1 aliphatic heterocycles. The third-order valence-corrected chi connectivity index (χ3v) is 6.86. The van der Waals surface area contributed by atoms with Crippen molar-refractivity contribution in [3.63, 3.8) is 0 Å². The molecule has 0 unspecified atom stereocenters. The maximum absolute atomic E-state index is 13.4. The summed E-state index contributed by atoms with van der Waals surface area (Å²) in [7, 11) is 0. The van der Waals surface area contributed by atoms with Crippen LogP contribution in [0.5, 0.6) is 11.5 Å². The minimum atomic E-state index is -0.939. The van der Waals surface area contributed by atoms with Crippen LogP contribution in [0, 0.1) is 23.2 Å². The topological polar surface area (TPSA) is 114 Å². The zero-order valence-electron chi connectivity index (χ0n) is 21.8. The summed E-state index contributed by atoms with van der Waals surface area (Å²) in [6, 6.07) is 12.6. The van der Waals surface area contributed by atoms with Gasteiger partial charge >= 0.3 is 6.03 Å². The summed E-state index contributed by atoms with van der Waals surface area (Å²) in [6.07, 6.45) is 1.32. The number of halogens is 2. The van der Waals surface area contributed by atoms with Crippen molar-refractivity contribution in [1.29, 1.82) is 0 Å². The first-order valence-electron chi connectivity index (χ1n) is 12.2. The summed E-state index contributed by atoms with van der Waals surface area (Å²) in [5.41, 5.74) is 2.93. The number of carbonyl (C=O) groups is 4. The van der Waals surface area contributed by atoms with Crippen LogP contribution >= 0.6 is 22.6 Å². The molecule has 4 rings (SSSR count). The van der Waals surface area contributed by atoms with E-state index in [1.807, 2.05) is 54.6 Å². The van der Waals surface area contributed by atoms with Crippen LogP contribution in [0.4, 0.5) is 20.6 Å². The summed E-state index contributed by atoms with van der Waals surface area (Å²) in [4.78, 5) is 51.5. The number of benzene rings is 3. The molecule has 5 amide bonds. The Kier molecular flexibility index (Phi) is 8.83. The number of carbonyl (C=O) groups excluding carboxylic acids is 4. The van der Waals surface area contributed by atoms with E-state index in [1.165, 1.54) is 18.2 Å². The van der Waals surface area contributed by atoms with Crippen LogP contribution in [-0.2, 0) is 14.4 Å². The maximum Gasteiger partial charge on any atom is 0.335 e. The molecule has 1 fully saturated rings. The van der Waals surface area contributed by atoms with E-state index in [0.29, 0.717) is 26.3 Å². The van der Waals surface area contributed by atoms with Crippen LogP contribution in [0.15, 0.2) is 60.2 Å². The number of anilines is 2. The molecular formula is C29H25FIN3O6. The SMILES string of the molecule is CCOc1cc(/C=C2\C(=O)NC(=O)N(c3ccc(F)cc3)C2=O)cc(I)c1OCC(=O)Nc1cccc(C)c1C. The van der Waals surface area contributed by atoms with E-state index in [1.54, 1.807) is 19.1 Å². The third-order valence-electron chi connectivity index (χ3n) is 6.06. The Balaban J connectivity index is 1.58. The maximum atomic E-state index is 13.4. The molecule has 1 saturated heterocycles. The molecule has 2 N–H and O–H groups in total. The second kappa shape index (κ2) is 12.3. The number of urea groups is 1. The van der Waals surface area contributed by atoms with E-state index in [9.17, 15) is 23.6 Å². The van der Waals surface area contributed by atoms with Crippen molar-refractivity contribution in [2.75, 3.05) is 23.4 Å². The molecule has 3 aromatic carbocycles.